The third-order valence-corrected chi connectivity index (χ3v) is 17.8. The monoisotopic (exact) mass is 1420 g/mol. The van der Waals surface area contributed by atoms with Crippen LogP contribution in [0.5, 0.6) is 0 Å². The first-order valence-electron chi connectivity index (χ1n) is 31.0. The molecule has 0 aromatic carbocycles. The largest absolute Gasteiger partial charge is 0.394 e. The lowest BCUT2D eigenvalue weighted by Crippen LogP contribution is -2.72. The van der Waals surface area contributed by atoms with Gasteiger partial charge in [-0.25, -0.2) is 0 Å². The fourth-order valence-corrected chi connectivity index (χ4v) is 12.6. The molecule has 0 aromatic heterocycles. The van der Waals surface area contributed by atoms with Crippen LogP contribution in [0.1, 0.15) is 27.7 Å². The maximum atomic E-state index is 13.4. The summed E-state index contributed by atoms with van der Waals surface area (Å²) >= 11 is 0. The van der Waals surface area contributed by atoms with E-state index in [0.29, 0.717) is 0 Å². The van der Waals surface area contributed by atoms with Crippen LogP contribution < -0.4 is 16.0 Å². The van der Waals surface area contributed by atoms with Gasteiger partial charge in [0.1, 0.15) is 189 Å². The van der Waals surface area contributed by atoms with Gasteiger partial charge >= 0.3 is 0 Å². The molecule has 0 saturated carbocycles. The Morgan fingerprint density at radius 3 is 0.979 bits per heavy atom. The number of hydrogen-bond acceptors (Lipinski definition) is 40. The Labute approximate surface area is 549 Å². The van der Waals surface area contributed by atoms with Gasteiger partial charge in [-0.2, -0.15) is 0 Å². The quantitative estimate of drug-likeness (QED) is 0.0427. The van der Waals surface area contributed by atoms with E-state index in [2.05, 4.69) is 16.0 Å². The second kappa shape index (κ2) is 34.5. The molecule has 0 radical (unpaired) electrons. The van der Waals surface area contributed by atoms with E-state index in [1.54, 1.807) is 0 Å². The zero-order valence-corrected chi connectivity index (χ0v) is 52.2. The summed E-state index contributed by atoms with van der Waals surface area (Å²) in [6, 6.07) is -5.53. The average Bonchev–Trinajstić information content (AvgIpc) is 0.772. The van der Waals surface area contributed by atoms with E-state index in [4.69, 9.17) is 71.1 Å². The Morgan fingerprint density at radius 2 is 0.567 bits per heavy atom. The lowest BCUT2D eigenvalue weighted by atomic mass is 9.93. The van der Waals surface area contributed by atoms with Crippen LogP contribution in [0.3, 0.4) is 0 Å². The maximum absolute atomic E-state index is 13.4. The van der Waals surface area contributed by atoms with Crippen molar-refractivity contribution in [2.75, 3.05) is 46.2 Å². The number of amides is 3. The summed E-state index contributed by atoms with van der Waals surface area (Å²) in [7, 11) is 0. The lowest BCUT2D eigenvalue weighted by molar-refractivity contribution is -0.396. The molecule has 8 aliphatic rings. The van der Waals surface area contributed by atoms with Gasteiger partial charge in [0.05, 0.1) is 52.4 Å². The zero-order chi connectivity index (χ0) is 71.5. The molecule has 0 bridgehead atoms. The highest BCUT2D eigenvalue weighted by molar-refractivity contribution is 5.74. The topological polar surface area (TPSA) is 671 Å². The van der Waals surface area contributed by atoms with Crippen molar-refractivity contribution in [2.24, 2.45) is 0 Å². The third kappa shape index (κ3) is 17.3. The van der Waals surface area contributed by atoms with Gasteiger partial charge in [-0.05, 0) is 6.92 Å². The molecule has 25 N–H and O–H groups in total. The van der Waals surface area contributed by atoms with Gasteiger partial charge in [0.2, 0.25) is 17.7 Å². The molecule has 43 heteroatoms. The number of rotatable bonds is 24. The molecular weight excluding hydrogens is 1330 g/mol. The van der Waals surface area contributed by atoms with Gasteiger partial charge in [0.15, 0.2) is 50.3 Å². The highest BCUT2D eigenvalue weighted by atomic mass is 16.8. The lowest BCUT2D eigenvalue weighted by Gasteiger charge is -2.52. The molecular formula is C54H91N3O40. The van der Waals surface area contributed by atoms with Crippen molar-refractivity contribution < 1.29 is 198 Å². The van der Waals surface area contributed by atoms with Crippen molar-refractivity contribution in [1.29, 1.82) is 0 Å². The van der Waals surface area contributed by atoms with Crippen LogP contribution in [-0.4, -0.2) is 422 Å². The predicted octanol–water partition coefficient (Wildman–Crippen LogP) is -17.0. The minimum absolute atomic E-state index is 0.799. The van der Waals surface area contributed by atoms with Gasteiger partial charge in [0.25, 0.3) is 0 Å². The Bertz CT molecular complexity index is 2490. The minimum Gasteiger partial charge on any atom is -0.394 e. The number of ether oxygens (including phenoxy) is 15. The van der Waals surface area contributed by atoms with Gasteiger partial charge < -0.3 is 199 Å². The number of aliphatic hydroxyl groups excluding tert-OH is 22. The fourth-order valence-electron chi connectivity index (χ4n) is 12.6. The standard InChI is InChI=1S/C54H91N3O40/c1-12-26(68)33(75)36(78)51(83-12)94-43-25(57-15(4)67)50(90-22(11-64)42(43)93-54-39(81)45(29(71)19(8-61)88-54)95-48-23(55-13(2)65)31(73)27(69)16(5-58)85-48)97-46-30(72)18(7-60)86-52(38(46)80)91-40-21(10-63)89-49(24(32(40)74)56-14(3)66)96-44-28(70)17(6-59)87-53(37(44)79)92-41-20(9-62)84-47(82)35(77)34(41)76/h12,16-54,58-64,68-82H,5-11H2,1-4H3,(H,55,65)(H,56,66)(H,57,67)/t12-,16+,17+,18+,19+,20+,21+,22+,23+,24+,25+,26+,27+,28-,29-,30-,31+,32+,33+,34+,35+,36-,37+,38+,39+,40+,41+,42+,43+,44-,45-,46-,47+,48-,49-,50-,51-,52-,53-,54-/m0/s1. The molecule has 43 nitrogen and oxygen atoms in total. The molecule has 0 unspecified atom stereocenters. The molecule has 562 valence electrons. The van der Waals surface area contributed by atoms with Crippen molar-refractivity contribution in [3.63, 3.8) is 0 Å². The smallest absolute Gasteiger partial charge is 0.217 e. The van der Waals surface area contributed by atoms with Crippen LogP contribution in [0.4, 0.5) is 0 Å². The molecule has 3 amide bonds. The highest BCUT2D eigenvalue weighted by Crippen LogP contribution is 2.40. The van der Waals surface area contributed by atoms with Crippen LogP contribution in [0.25, 0.3) is 0 Å². The van der Waals surface area contributed by atoms with Crippen molar-refractivity contribution >= 4 is 17.7 Å². The SMILES string of the molecule is CC(=O)N[C@H]1[C@H](O[C@H]2[C@@H](O)[C@@H](CO)O[C@@H](O[C@H]3[C@H](O)[C@@H](O)[C@H](O)O[C@@H]3CO)[C@@H]2O)O[C@H](CO)[C@@H](O[C@@H]2O[C@H](CO)[C@H](O)[C@H](O[C@@H]3O[C@H](CO)[C@@H](O[C@@H]4O[C@H](CO)[C@H](O)[C@H](O[C@@H]5O[C@H](CO)[C@@H](O)[C@H](O)[C@H]5NC(C)=O)[C@H]4O)[C@H](O[C@@H]4O[C@@H](C)[C@@H](O)[C@@H](O)[C@@H]4O)[C@H]3NC(C)=O)[C@H]2O)[C@@H]1O. The molecule has 8 aliphatic heterocycles. The van der Waals surface area contributed by atoms with E-state index in [0.717, 1.165) is 20.8 Å². The average molecular weight is 1420 g/mol. The summed E-state index contributed by atoms with van der Waals surface area (Å²) in [5.41, 5.74) is 0. The Morgan fingerprint density at radius 1 is 0.268 bits per heavy atom. The van der Waals surface area contributed by atoms with E-state index < -0.39 is 309 Å². The Balaban J connectivity index is 1.07. The van der Waals surface area contributed by atoms with Gasteiger partial charge in [-0.15, -0.1) is 0 Å². The van der Waals surface area contributed by atoms with E-state index in [-0.39, 0.29) is 0 Å². The van der Waals surface area contributed by atoms with Crippen molar-refractivity contribution in [1.82, 2.24) is 16.0 Å². The Hall–Kier alpha value is -3.07. The normalized spacial score (nSPS) is 49.9. The highest BCUT2D eigenvalue weighted by Gasteiger charge is 2.61. The van der Waals surface area contributed by atoms with Gasteiger partial charge in [-0.1, -0.05) is 0 Å². The van der Waals surface area contributed by atoms with E-state index >= 15 is 0 Å². The van der Waals surface area contributed by atoms with Gasteiger partial charge in [0, 0.05) is 20.8 Å². The molecule has 8 rings (SSSR count). The zero-order valence-electron chi connectivity index (χ0n) is 52.2. The summed E-state index contributed by atoms with van der Waals surface area (Å²) < 4.78 is 88.1. The number of hydrogen-bond donors (Lipinski definition) is 25. The molecule has 8 fully saturated rings. The molecule has 40 atom stereocenters. The van der Waals surface area contributed by atoms with Crippen LogP contribution in [0, 0.1) is 0 Å². The first-order valence-corrected chi connectivity index (χ1v) is 31.0. The van der Waals surface area contributed by atoms with E-state index in [1.165, 1.54) is 6.92 Å². The number of nitrogens with one attached hydrogen (secondary N) is 3. The molecule has 8 saturated heterocycles. The third-order valence-electron chi connectivity index (χ3n) is 17.8. The minimum atomic E-state index is -2.39. The van der Waals surface area contributed by atoms with Crippen LogP contribution in [0.15, 0.2) is 0 Å². The summed E-state index contributed by atoms with van der Waals surface area (Å²) in [6.07, 6.45) is -73.5. The molecule has 0 aromatic rings. The summed E-state index contributed by atoms with van der Waals surface area (Å²) in [5, 5.41) is 248. The van der Waals surface area contributed by atoms with E-state index in [9.17, 15) is 127 Å². The first kappa shape index (κ1) is 79.6. The summed E-state index contributed by atoms with van der Waals surface area (Å²) in [5.74, 6) is -2.69. The second-order valence-electron chi connectivity index (χ2n) is 24.6. The fraction of sp³-hybridized carbons (Fsp3) is 0.944. The predicted molar refractivity (Wildman–Crippen MR) is 298 cm³/mol. The Kier molecular flexibility index (Phi) is 28.3. The molecule has 8 heterocycles. The maximum Gasteiger partial charge on any atom is 0.217 e. The van der Waals surface area contributed by atoms with Crippen LogP contribution in [-0.2, 0) is 85.4 Å². The van der Waals surface area contributed by atoms with Gasteiger partial charge in [-0.3, -0.25) is 14.4 Å². The number of aliphatic hydroxyl groups is 22. The summed E-state index contributed by atoms with van der Waals surface area (Å²) in [6.45, 7) is -3.26. The molecule has 97 heavy (non-hydrogen) atoms. The van der Waals surface area contributed by atoms with Crippen LogP contribution in [0.2, 0.25) is 0 Å². The van der Waals surface area contributed by atoms with Crippen molar-refractivity contribution in [2.45, 2.75) is 273 Å². The number of carbonyl (C=O) groups is 3. The second-order valence-corrected chi connectivity index (χ2v) is 24.6. The molecule has 0 aliphatic carbocycles. The summed E-state index contributed by atoms with van der Waals surface area (Å²) in [4.78, 5) is 38.5. The number of carbonyl (C=O) groups excluding carboxylic acids is 3. The van der Waals surface area contributed by atoms with E-state index in [1.807, 2.05) is 0 Å². The van der Waals surface area contributed by atoms with Crippen molar-refractivity contribution in [3.8, 4) is 0 Å². The van der Waals surface area contributed by atoms with Crippen LogP contribution >= 0.6 is 0 Å². The molecule has 0 spiro atoms. The first-order chi connectivity index (χ1) is 45.9. The van der Waals surface area contributed by atoms with Crippen molar-refractivity contribution in [3.05, 3.63) is 0 Å².